The highest BCUT2D eigenvalue weighted by molar-refractivity contribution is 7.91. The molecule has 5 N–H and O–H groups in total. The number of alkyl halides is 3. The van der Waals surface area contributed by atoms with Crippen molar-refractivity contribution in [2.75, 3.05) is 24.6 Å². The van der Waals surface area contributed by atoms with Crippen LogP contribution in [0.25, 0.3) is 0 Å². The number of nitrogens with one attached hydrogen (secondary N) is 2. The topological polar surface area (TPSA) is 142 Å². The first-order chi connectivity index (χ1) is 17.2. The molecule has 14 heteroatoms. The van der Waals surface area contributed by atoms with Crippen LogP contribution in [0.15, 0.2) is 35.2 Å². The molecule has 202 valence electrons. The van der Waals surface area contributed by atoms with Gasteiger partial charge in [-0.1, -0.05) is 18.5 Å². The number of amides is 2. The molecule has 3 rings (SSSR count). The Labute approximate surface area is 216 Å². The summed E-state index contributed by atoms with van der Waals surface area (Å²) in [5.41, 5.74) is 4.36. The maximum absolute atomic E-state index is 13.9. The number of hydrogen-bond acceptors (Lipinski definition) is 6. The van der Waals surface area contributed by atoms with Gasteiger partial charge in [0, 0.05) is 42.9 Å². The van der Waals surface area contributed by atoms with Crippen molar-refractivity contribution < 1.29 is 36.3 Å². The number of rotatable bonds is 8. The Bertz CT molecular complexity index is 1300. The lowest BCUT2D eigenvalue weighted by molar-refractivity contribution is -0.138. The lowest BCUT2D eigenvalue weighted by atomic mass is 10.00. The summed E-state index contributed by atoms with van der Waals surface area (Å²) < 4.78 is 66.4. The average Bonchev–Trinajstić information content (AvgIpc) is 3.22. The molecule has 2 aromatic rings. The van der Waals surface area contributed by atoms with Crippen LogP contribution in [-0.2, 0) is 29.1 Å². The van der Waals surface area contributed by atoms with Gasteiger partial charge in [-0.05, 0) is 47.9 Å². The van der Waals surface area contributed by atoms with Crippen molar-refractivity contribution in [2.24, 2.45) is 0 Å². The lowest BCUT2D eigenvalue weighted by Crippen LogP contribution is -2.36. The van der Waals surface area contributed by atoms with Crippen LogP contribution in [0.5, 0.6) is 0 Å². The van der Waals surface area contributed by atoms with Gasteiger partial charge < -0.3 is 21.5 Å². The lowest BCUT2D eigenvalue weighted by Gasteiger charge is -2.21. The van der Waals surface area contributed by atoms with Crippen LogP contribution in [0.4, 0.5) is 23.7 Å². The van der Waals surface area contributed by atoms with Gasteiger partial charge in [0.15, 0.2) is 9.84 Å². The zero-order chi connectivity index (χ0) is 27.5. The fraction of sp³-hybridized carbons (Fsp3) is 0.391. The van der Waals surface area contributed by atoms with E-state index < -0.39 is 45.2 Å². The number of likely N-dealkylation sites (tertiary alicyclic amines) is 1. The van der Waals surface area contributed by atoms with E-state index >= 15 is 0 Å². The average molecular weight is 563 g/mol. The number of halogens is 4. The van der Waals surface area contributed by atoms with E-state index in [2.05, 4.69) is 10.6 Å². The third-order valence-corrected chi connectivity index (χ3v) is 8.06. The summed E-state index contributed by atoms with van der Waals surface area (Å²) in [6.45, 7) is 1.63. The molecule has 2 amide bonds. The third-order valence-electron chi connectivity index (χ3n) is 6.00. The molecule has 0 spiro atoms. The molecular formula is C23H26ClF3N4O5S. The van der Waals surface area contributed by atoms with Crippen molar-refractivity contribution in [3.63, 3.8) is 0 Å². The summed E-state index contributed by atoms with van der Waals surface area (Å²) in [7, 11) is -3.65. The van der Waals surface area contributed by atoms with E-state index in [1.54, 1.807) is 4.90 Å². The molecule has 37 heavy (non-hydrogen) atoms. The van der Waals surface area contributed by atoms with Crippen molar-refractivity contribution >= 4 is 39.1 Å². The second-order valence-electron chi connectivity index (χ2n) is 8.60. The molecule has 1 aliphatic rings. The summed E-state index contributed by atoms with van der Waals surface area (Å²) >= 11 is 5.97. The highest BCUT2D eigenvalue weighted by atomic mass is 35.5. The van der Waals surface area contributed by atoms with Gasteiger partial charge in [0.05, 0.1) is 21.8 Å². The number of hydrogen-bond donors (Lipinski definition) is 4. The molecule has 9 nitrogen and oxygen atoms in total. The summed E-state index contributed by atoms with van der Waals surface area (Å²) in [5, 5.41) is 13.8. The molecule has 1 heterocycles. The molecule has 1 fully saturated rings. The van der Waals surface area contributed by atoms with E-state index in [1.807, 2.05) is 0 Å². The molecule has 0 saturated carbocycles. The van der Waals surface area contributed by atoms with E-state index in [4.69, 9.17) is 22.4 Å². The van der Waals surface area contributed by atoms with Crippen LogP contribution in [0.2, 0.25) is 5.02 Å². The SMILES string of the molecule is CCS(=O)(=O)c1ccc(Cl)cc1CNC(=O)c1cc(C(F)(F)F)c(CN2CC[C@H](NC(=O)O)C2)cc1N. The molecule has 0 radical (unpaired) electrons. The van der Waals surface area contributed by atoms with Crippen LogP contribution in [0.3, 0.4) is 0 Å². The molecule has 0 aliphatic carbocycles. The number of anilines is 1. The highest BCUT2D eigenvalue weighted by Crippen LogP contribution is 2.35. The minimum atomic E-state index is -4.79. The zero-order valence-corrected chi connectivity index (χ0v) is 21.3. The van der Waals surface area contributed by atoms with Crippen LogP contribution < -0.4 is 16.4 Å². The van der Waals surface area contributed by atoms with Gasteiger partial charge in [-0.15, -0.1) is 0 Å². The van der Waals surface area contributed by atoms with Crippen molar-refractivity contribution in [2.45, 2.75) is 43.5 Å². The van der Waals surface area contributed by atoms with E-state index in [0.717, 1.165) is 6.07 Å². The standard InChI is InChI=1S/C23H26ClF3N4O5S/c1-2-37(35,36)20-4-3-15(24)7-13(20)10-29-21(32)17-9-18(23(25,26)27)14(8-19(17)28)11-31-6-5-16(12-31)30-22(33)34/h3-4,7-9,16,30H,2,5-6,10-12,28H2,1H3,(H,29,32)(H,33,34)/t16-/m0/s1. The van der Waals surface area contributed by atoms with Crippen LogP contribution in [-0.4, -0.2) is 55.3 Å². The van der Waals surface area contributed by atoms with Gasteiger partial charge in [0.25, 0.3) is 5.91 Å². The Hall–Kier alpha value is -3.03. The summed E-state index contributed by atoms with van der Waals surface area (Å²) in [4.78, 5) is 25.3. The monoisotopic (exact) mass is 562 g/mol. The fourth-order valence-corrected chi connectivity index (χ4v) is 5.49. The summed E-state index contributed by atoms with van der Waals surface area (Å²) in [6, 6.07) is 5.42. The molecule has 0 bridgehead atoms. The largest absolute Gasteiger partial charge is 0.465 e. The van der Waals surface area contributed by atoms with Gasteiger partial charge in [0.1, 0.15) is 0 Å². The number of carbonyl (C=O) groups excluding carboxylic acids is 1. The summed E-state index contributed by atoms with van der Waals surface area (Å²) in [5.74, 6) is -1.11. The molecule has 2 aromatic carbocycles. The number of carbonyl (C=O) groups is 2. The van der Waals surface area contributed by atoms with E-state index in [0.29, 0.717) is 19.0 Å². The molecule has 0 aromatic heterocycles. The first kappa shape index (κ1) is 28.5. The van der Waals surface area contributed by atoms with Gasteiger partial charge in [0.2, 0.25) is 0 Å². The Kier molecular flexibility index (Phi) is 8.60. The number of nitrogens with two attached hydrogens (primary N) is 1. The predicted octanol–water partition coefficient (Wildman–Crippen LogP) is 3.51. The van der Waals surface area contributed by atoms with Crippen molar-refractivity contribution in [1.29, 1.82) is 0 Å². The zero-order valence-electron chi connectivity index (χ0n) is 19.7. The Morgan fingerprint density at radius 3 is 2.54 bits per heavy atom. The maximum Gasteiger partial charge on any atom is 0.416 e. The van der Waals surface area contributed by atoms with Crippen LogP contribution in [0.1, 0.15) is 40.4 Å². The van der Waals surface area contributed by atoms with E-state index in [-0.39, 0.29) is 52.1 Å². The molecule has 1 atom stereocenters. The van der Waals surface area contributed by atoms with Gasteiger partial charge in [-0.3, -0.25) is 9.69 Å². The Morgan fingerprint density at radius 2 is 1.92 bits per heavy atom. The maximum atomic E-state index is 13.9. The normalized spacial score (nSPS) is 16.5. The van der Waals surface area contributed by atoms with Gasteiger partial charge in [-0.2, -0.15) is 13.2 Å². The number of benzene rings is 2. The number of nitrogen functional groups attached to an aromatic ring is 1. The number of carboxylic acid groups (broad SMARTS) is 1. The molecular weight excluding hydrogens is 537 g/mol. The van der Waals surface area contributed by atoms with Crippen LogP contribution >= 0.6 is 11.6 Å². The molecule has 1 saturated heterocycles. The Morgan fingerprint density at radius 1 is 1.22 bits per heavy atom. The third kappa shape index (κ3) is 7.05. The van der Waals surface area contributed by atoms with E-state index in [9.17, 15) is 31.2 Å². The first-order valence-corrected chi connectivity index (χ1v) is 13.2. The summed E-state index contributed by atoms with van der Waals surface area (Å²) in [6.07, 6.45) is -5.55. The molecule has 1 aliphatic heterocycles. The minimum Gasteiger partial charge on any atom is -0.465 e. The first-order valence-electron chi connectivity index (χ1n) is 11.2. The Balaban J connectivity index is 1.84. The van der Waals surface area contributed by atoms with Crippen molar-refractivity contribution in [3.8, 4) is 0 Å². The minimum absolute atomic E-state index is 0.0414. The van der Waals surface area contributed by atoms with Crippen molar-refractivity contribution in [1.82, 2.24) is 15.5 Å². The smallest absolute Gasteiger partial charge is 0.416 e. The van der Waals surface area contributed by atoms with Gasteiger partial charge >= 0.3 is 12.3 Å². The quantitative estimate of drug-likeness (QED) is 0.361. The van der Waals surface area contributed by atoms with Crippen LogP contribution in [0, 0.1) is 0 Å². The van der Waals surface area contributed by atoms with E-state index in [1.165, 1.54) is 25.1 Å². The number of nitrogens with zero attached hydrogens (tertiary/aromatic N) is 1. The second-order valence-corrected chi connectivity index (χ2v) is 11.3. The van der Waals surface area contributed by atoms with Crippen molar-refractivity contribution in [3.05, 3.63) is 57.6 Å². The fourth-order valence-electron chi connectivity index (χ4n) is 4.18. The second kappa shape index (κ2) is 11.2. The predicted molar refractivity (Wildman–Crippen MR) is 131 cm³/mol. The number of sulfone groups is 1. The highest BCUT2D eigenvalue weighted by Gasteiger charge is 2.36. The van der Waals surface area contributed by atoms with Gasteiger partial charge in [-0.25, -0.2) is 13.2 Å². The molecule has 0 unspecified atom stereocenters.